The summed E-state index contributed by atoms with van der Waals surface area (Å²) in [6.07, 6.45) is 2.51. The van der Waals surface area contributed by atoms with Crippen LogP contribution < -0.4 is 0 Å². The fourth-order valence-corrected chi connectivity index (χ4v) is 3.64. The summed E-state index contributed by atoms with van der Waals surface area (Å²) in [5.41, 5.74) is -1.11. The van der Waals surface area contributed by atoms with Crippen molar-refractivity contribution in [3.8, 4) is 0 Å². The van der Waals surface area contributed by atoms with E-state index in [-0.39, 0.29) is 11.2 Å². The number of ether oxygens (including phenoxy) is 1. The monoisotopic (exact) mass is 311 g/mol. The molecule has 1 amide bonds. The van der Waals surface area contributed by atoms with Crippen LogP contribution in [0.5, 0.6) is 0 Å². The second-order valence-corrected chi connectivity index (χ2v) is 6.87. The van der Waals surface area contributed by atoms with Gasteiger partial charge in [0.25, 0.3) is 5.91 Å². The van der Waals surface area contributed by atoms with E-state index in [0.29, 0.717) is 13.1 Å². The Bertz CT molecular complexity index is 498. The first-order chi connectivity index (χ1) is 9.90. The number of carbonyl (C=O) groups excluding carboxylic acids is 2. The van der Waals surface area contributed by atoms with Crippen molar-refractivity contribution in [2.24, 2.45) is 0 Å². The Kier molecular flexibility index (Phi) is 4.98. The highest BCUT2D eigenvalue weighted by Crippen LogP contribution is 2.35. The van der Waals surface area contributed by atoms with E-state index in [9.17, 15) is 9.59 Å². The van der Waals surface area contributed by atoms with Crippen LogP contribution in [0, 0.1) is 0 Å². The van der Waals surface area contributed by atoms with Crippen LogP contribution in [-0.4, -0.2) is 41.2 Å². The topological polar surface area (TPSA) is 59.8 Å². The van der Waals surface area contributed by atoms with Gasteiger partial charge in [0.15, 0.2) is 5.60 Å². The minimum Gasteiger partial charge on any atom is -0.468 e. The highest BCUT2D eigenvalue weighted by Gasteiger charge is 2.36. The van der Waals surface area contributed by atoms with E-state index in [4.69, 9.17) is 9.15 Å². The van der Waals surface area contributed by atoms with Gasteiger partial charge in [-0.1, -0.05) is 0 Å². The molecule has 0 N–H and O–H groups in total. The maximum absolute atomic E-state index is 12.5. The van der Waals surface area contributed by atoms with Gasteiger partial charge in [-0.25, -0.2) is 0 Å². The number of carbonyl (C=O) groups is 2. The van der Waals surface area contributed by atoms with Gasteiger partial charge >= 0.3 is 5.97 Å². The van der Waals surface area contributed by atoms with Crippen LogP contribution in [0.2, 0.25) is 0 Å². The Labute approximate surface area is 129 Å². The molecule has 1 aromatic rings. The summed E-state index contributed by atoms with van der Waals surface area (Å²) < 4.78 is 10.6. The predicted octanol–water partition coefficient (Wildman–Crippen LogP) is 2.63. The number of furan rings is 1. The summed E-state index contributed by atoms with van der Waals surface area (Å²) in [5, 5.41) is 0.273. The first-order valence-corrected chi connectivity index (χ1v) is 8.09. The molecular formula is C15H21NO4S. The Hall–Kier alpha value is -1.43. The molecule has 5 nitrogen and oxygen atoms in total. The third-order valence-electron chi connectivity index (χ3n) is 3.40. The molecule has 0 aliphatic carbocycles. The highest BCUT2D eigenvalue weighted by atomic mass is 32.2. The van der Waals surface area contributed by atoms with Crippen LogP contribution >= 0.6 is 11.8 Å². The number of hydrogen-bond acceptors (Lipinski definition) is 5. The van der Waals surface area contributed by atoms with Gasteiger partial charge in [-0.05, 0) is 32.4 Å². The Morgan fingerprint density at radius 1 is 1.43 bits per heavy atom. The van der Waals surface area contributed by atoms with Crippen molar-refractivity contribution in [1.82, 2.24) is 4.90 Å². The molecule has 6 heteroatoms. The van der Waals surface area contributed by atoms with Gasteiger partial charge in [0.05, 0.1) is 11.5 Å². The molecule has 0 bridgehead atoms. The highest BCUT2D eigenvalue weighted by molar-refractivity contribution is 7.99. The molecule has 1 aromatic heterocycles. The quantitative estimate of drug-likeness (QED) is 0.803. The molecule has 1 aliphatic rings. The third-order valence-corrected chi connectivity index (χ3v) is 4.69. The summed E-state index contributed by atoms with van der Waals surface area (Å²) in [5.74, 6) is 1.21. The second-order valence-electron chi connectivity index (χ2n) is 5.56. The molecule has 0 spiro atoms. The van der Waals surface area contributed by atoms with Gasteiger partial charge in [0.1, 0.15) is 5.76 Å². The van der Waals surface area contributed by atoms with Crippen molar-refractivity contribution in [3.63, 3.8) is 0 Å². The van der Waals surface area contributed by atoms with E-state index in [1.807, 2.05) is 12.1 Å². The lowest BCUT2D eigenvalue weighted by Gasteiger charge is -2.30. The van der Waals surface area contributed by atoms with E-state index < -0.39 is 11.6 Å². The number of esters is 1. The molecule has 1 saturated heterocycles. The molecular weight excluding hydrogens is 290 g/mol. The minimum absolute atomic E-state index is 0.140. The number of hydrogen-bond donors (Lipinski definition) is 0. The van der Waals surface area contributed by atoms with E-state index >= 15 is 0 Å². The number of rotatable bonds is 3. The molecule has 0 radical (unpaired) electrons. The maximum atomic E-state index is 12.5. The van der Waals surface area contributed by atoms with Crippen molar-refractivity contribution >= 4 is 23.6 Å². The first kappa shape index (κ1) is 15.9. The average Bonchev–Trinajstić information content (AvgIpc) is 2.81. The maximum Gasteiger partial charge on any atom is 0.303 e. The normalized spacial score (nSPS) is 20.0. The molecule has 2 heterocycles. The summed E-state index contributed by atoms with van der Waals surface area (Å²) in [6.45, 7) is 5.89. The van der Waals surface area contributed by atoms with Crippen molar-refractivity contribution in [1.29, 1.82) is 0 Å². The number of amides is 1. The molecule has 0 saturated carbocycles. The molecule has 0 aromatic carbocycles. The summed E-state index contributed by atoms with van der Waals surface area (Å²) >= 11 is 1.79. The zero-order valence-corrected chi connectivity index (χ0v) is 13.4. The van der Waals surface area contributed by atoms with Crippen LogP contribution in [0.25, 0.3) is 0 Å². The van der Waals surface area contributed by atoms with Crippen LogP contribution in [-0.2, 0) is 14.3 Å². The van der Waals surface area contributed by atoms with Gasteiger partial charge in [0, 0.05) is 25.8 Å². The standard InChI is InChI=1S/C15H21NO4S/c1-11(17)20-15(2,3)14(18)16-7-6-13(21-10-8-16)12-5-4-9-19-12/h4-5,9,13H,6-8,10H2,1-3H3/t13-/m1/s1. The Morgan fingerprint density at radius 2 is 2.19 bits per heavy atom. The van der Waals surface area contributed by atoms with Crippen molar-refractivity contribution in [3.05, 3.63) is 24.2 Å². The molecule has 1 atom stereocenters. The molecule has 1 aliphatic heterocycles. The van der Waals surface area contributed by atoms with Crippen LogP contribution in [0.15, 0.2) is 22.8 Å². The zero-order chi connectivity index (χ0) is 15.5. The SMILES string of the molecule is CC(=O)OC(C)(C)C(=O)N1CCS[C@@H](c2ccco2)CC1. The molecule has 1 fully saturated rings. The molecule has 21 heavy (non-hydrogen) atoms. The molecule has 116 valence electrons. The van der Waals surface area contributed by atoms with E-state index in [2.05, 4.69) is 0 Å². The fourth-order valence-electron chi connectivity index (χ4n) is 2.46. The lowest BCUT2D eigenvalue weighted by molar-refractivity contribution is -0.168. The summed E-state index contributed by atoms with van der Waals surface area (Å²) in [7, 11) is 0. The first-order valence-electron chi connectivity index (χ1n) is 7.04. The third kappa shape index (κ3) is 4.03. The fraction of sp³-hybridized carbons (Fsp3) is 0.600. The van der Waals surface area contributed by atoms with Crippen LogP contribution in [0.3, 0.4) is 0 Å². The van der Waals surface area contributed by atoms with Gasteiger partial charge in [-0.3, -0.25) is 9.59 Å². The van der Waals surface area contributed by atoms with Crippen LogP contribution in [0.1, 0.15) is 38.2 Å². The smallest absolute Gasteiger partial charge is 0.303 e. The van der Waals surface area contributed by atoms with Crippen molar-refractivity contribution in [2.75, 3.05) is 18.8 Å². The lowest BCUT2D eigenvalue weighted by atomic mass is 10.1. The largest absolute Gasteiger partial charge is 0.468 e. The van der Waals surface area contributed by atoms with Gasteiger partial charge in [-0.2, -0.15) is 0 Å². The van der Waals surface area contributed by atoms with Gasteiger partial charge in [0.2, 0.25) is 0 Å². The van der Waals surface area contributed by atoms with Gasteiger partial charge < -0.3 is 14.1 Å². The average molecular weight is 311 g/mol. The number of nitrogens with zero attached hydrogens (tertiary/aromatic N) is 1. The second kappa shape index (κ2) is 6.56. The number of thioether (sulfide) groups is 1. The summed E-state index contributed by atoms with van der Waals surface area (Å²) in [4.78, 5) is 25.4. The minimum atomic E-state index is -1.11. The molecule has 2 rings (SSSR count). The van der Waals surface area contributed by atoms with E-state index in [1.165, 1.54) is 6.92 Å². The predicted molar refractivity (Wildman–Crippen MR) is 80.9 cm³/mol. The van der Waals surface area contributed by atoms with Crippen molar-refractivity contribution < 1.29 is 18.7 Å². The molecule has 0 unspecified atom stereocenters. The van der Waals surface area contributed by atoms with Crippen LogP contribution in [0.4, 0.5) is 0 Å². The Balaban J connectivity index is 1.99. The summed E-state index contributed by atoms with van der Waals surface area (Å²) in [6, 6.07) is 3.85. The van der Waals surface area contributed by atoms with Gasteiger partial charge in [-0.15, -0.1) is 11.8 Å². The van der Waals surface area contributed by atoms with Crippen molar-refractivity contribution in [2.45, 2.75) is 38.0 Å². The zero-order valence-electron chi connectivity index (χ0n) is 12.6. The van der Waals surface area contributed by atoms with E-state index in [1.54, 1.807) is 36.8 Å². The van der Waals surface area contributed by atoms with E-state index in [0.717, 1.165) is 17.9 Å². The lowest BCUT2D eigenvalue weighted by Crippen LogP contribution is -2.48. The Morgan fingerprint density at radius 3 is 2.81 bits per heavy atom.